The maximum absolute atomic E-state index is 12.1. The third-order valence-corrected chi connectivity index (χ3v) is 3.72. The van der Waals surface area contributed by atoms with Crippen LogP contribution in [0.5, 0.6) is 0 Å². The molecule has 2 aromatic carbocycles. The first kappa shape index (κ1) is 12.7. The Morgan fingerprint density at radius 2 is 1.83 bits per heavy atom. The van der Waals surface area contributed by atoms with E-state index in [-0.39, 0.29) is 5.12 Å². The van der Waals surface area contributed by atoms with Gasteiger partial charge in [0, 0.05) is 11.4 Å². The van der Waals surface area contributed by atoms with Crippen molar-refractivity contribution in [2.45, 2.75) is 12.7 Å². The Morgan fingerprint density at radius 1 is 1.11 bits per heavy atom. The molecule has 0 atom stereocenters. The van der Waals surface area contributed by atoms with Gasteiger partial charge in [-0.25, -0.2) is 0 Å². The standard InChI is InChI=1S/C15H15NOS/c1-11-6-5-9-13(14(11)16)15(17)18-10-12-7-3-2-4-8-12/h2-9H,10,16H2,1H3. The summed E-state index contributed by atoms with van der Waals surface area (Å²) in [4.78, 5) is 12.1. The van der Waals surface area contributed by atoms with Crippen LogP contribution < -0.4 is 5.73 Å². The monoisotopic (exact) mass is 257 g/mol. The molecule has 2 aromatic rings. The zero-order chi connectivity index (χ0) is 13.0. The van der Waals surface area contributed by atoms with E-state index in [1.54, 1.807) is 6.07 Å². The summed E-state index contributed by atoms with van der Waals surface area (Å²) in [5.74, 6) is 0.674. The smallest absolute Gasteiger partial charge is 0.221 e. The van der Waals surface area contributed by atoms with Crippen molar-refractivity contribution in [3.8, 4) is 0 Å². The molecule has 0 amide bonds. The Labute approximate surface area is 111 Å². The highest BCUT2D eigenvalue weighted by molar-refractivity contribution is 8.13. The number of nitrogens with two attached hydrogens (primary N) is 1. The molecule has 2 N–H and O–H groups in total. The molecule has 0 saturated carbocycles. The fraction of sp³-hybridized carbons (Fsp3) is 0.133. The van der Waals surface area contributed by atoms with Gasteiger partial charge in [0.1, 0.15) is 0 Å². The minimum absolute atomic E-state index is 0.0278. The van der Waals surface area contributed by atoms with Gasteiger partial charge in [0.05, 0.1) is 5.56 Å². The minimum atomic E-state index is 0.0278. The van der Waals surface area contributed by atoms with E-state index in [0.717, 1.165) is 11.1 Å². The molecule has 0 aliphatic heterocycles. The quantitative estimate of drug-likeness (QED) is 0.853. The lowest BCUT2D eigenvalue weighted by Gasteiger charge is -2.06. The normalized spacial score (nSPS) is 10.3. The molecule has 18 heavy (non-hydrogen) atoms. The summed E-state index contributed by atoms with van der Waals surface area (Å²) < 4.78 is 0. The van der Waals surface area contributed by atoms with Crippen LogP contribution in [0.25, 0.3) is 0 Å². The van der Waals surface area contributed by atoms with E-state index in [4.69, 9.17) is 5.73 Å². The van der Waals surface area contributed by atoms with Crippen LogP contribution in [0.3, 0.4) is 0 Å². The molecule has 0 aromatic heterocycles. The van der Waals surface area contributed by atoms with Crippen molar-refractivity contribution in [3.05, 3.63) is 65.2 Å². The van der Waals surface area contributed by atoms with Crippen LogP contribution in [-0.2, 0) is 5.75 Å². The molecule has 2 nitrogen and oxygen atoms in total. The van der Waals surface area contributed by atoms with Gasteiger partial charge in [-0.2, -0.15) is 0 Å². The number of hydrogen-bond acceptors (Lipinski definition) is 3. The van der Waals surface area contributed by atoms with E-state index in [9.17, 15) is 4.79 Å². The average Bonchev–Trinajstić information content (AvgIpc) is 2.40. The number of rotatable bonds is 3. The summed E-state index contributed by atoms with van der Waals surface area (Å²) in [5, 5.41) is 0.0278. The lowest BCUT2D eigenvalue weighted by atomic mass is 10.1. The molecule has 0 radical (unpaired) electrons. The largest absolute Gasteiger partial charge is 0.398 e. The molecule has 0 saturated heterocycles. The van der Waals surface area contributed by atoms with E-state index >= 15 is 0 Å². The average molecular weight is 257 g/mol. The number of carbonyl (C=O) groups is 1. The second-order valence-electron chi connectivity index (χ2n) is 4.10. The van der Waals surface area contributed by atoms with Crippen molar-refractivity contribution in [2.24, 2.45) is 0 Å². The topological polar surface area (TPSA) is 43.1 Å². The third kappa shape index (κ3) is 2.93. The summed E-state index contributed by atoms with van der Waals surface area (Å²) in [5.41, 5.74) is 9.20. The highest BCUT2D eigenvalue weighted by atomic mass is 32.2. The fourth-order valence-electron chi connectivity index (χ4n) is 1.66. The van der Waals surface area contributed by atoms with E-state index in [0.29, 0.717) is 17.0 Å². The van der Waals surface area contributed by atoms with Crippen molar-refractivity contribution in [2.75, 3.05) is 5.73 Å². The third-order valence-electron chi connectivity index (χ3n) is 2.76. The van der Waals surface area contributed by atoms with Crippen molar-refractivity contribution < 1.29 is 4.79 Å². The van der Waals surface area contributed by atoms with Gasteiger partial charge >= 0.3 is 0 Å². The molecule has 0 aliphatic rings. The van der Waals surface area contributed by atoms with E-state index in [2.05, 4.69) is 0 Å². The van der Waals surface area contributed by atoms with Gasteiger partial charge < -0.3 is 5.73 Å². The minimum Gasteiger partial charge on any atom is -0.398 e. The Kier molecular flexibility index (Phi) is 4.05. The predicted octanol–water partition coefficient (Wildman–Crippen LogP) is 3.65. The molecule has 92 valence electrons. The highest BCUT2D eigenvalue weighted by Crippen LogP contribution is 2.23. The van der Waals surface area contributed by atoms with Crippen molar-refractivity contribution in [1.82, 2.24) is 0 Å². The van der Waals surface area contributed by atoms with Gasteiger partial charge in [0.25, 0.3) is 0 Å². The second-order valence-corrected chi connectivity index (χ2v) is 5.05. The number of carbonyl (C=O) groups excluding carboxylic acids is 1. The van der Waals surface area contributed by atoms with Gasteiger partial charge in [-0.05, 0) is 24.1 Å². The van der Waals surface area contributed by atoms with Gasteiger partial charge in [0.15, 0.2) is 0 Å². The zero-order valence-electron chi connectivity index (χ0n) is 10.2. The van der Waals surface area contributed by atoms with Crippen molar-refractivity contribution in [3.63, 3.8) is 0 Å². The Morgan fingerprint density at radius 3 is 2.56 bits per heavy atom. The van der Waals surface area contributed by atoms with Crippen LogP contribution in [-0.4, -0.2) is 5.12 Å². The SMILES string of the molecule is Cc1cccc(C(=O)SCc2ccccc2)c1N. The Hall–Kier alpha value is -1.74. The molecular weight excluding hydrogens is 242 g/mol. The summed E-state index contributed by atoms with van der Waals surface area (Å²) in [6, 6.07) is 15.5. The van der Waals surface area contributed by atoms with Gasteiger partial charge in [0.2, 0.25) is 5.12 Å². The molecule has 3 heteroatoms. The number of nitrogen functional groups attached to an aromatic ring is 1. The summed E-state index contributed by atoms with van der Waals surface area (Å²) >= 11 is 1.29. The van der Waals surface area contributed by atoms with E-state index in [1.165, 1.54) is 11.8 Å². The maximum atomic E-state index is 12.1. The highest BCUT2D eigenvalue weighted by Gasteiger charge is 2.11. The van der Waals surface area contributed by atoms with Crippen LogP contribution in [0.4, 0.5) is 5.69 Å². The lowest BCUT2D eigenvalue weighted by molar-refractivity contribution is 0.108. The Balaban J connectivity index is 2.07. The molecular formula is C15H15NOS. The number of aryl methyl sites for hydroxylation is 1. The molecule has 0 unspecified atom stereocenters. The van der Waals surface area contributed by atoms with Crippen molar-refractivity contribution >= 4 is 22.6 Å². The molecule has 0 heterocycles. The number of para-hydroxylation sites is 1. The first-order valence-corrected chi connectivity index (χ1v) is 6.73. The van der Waals surface area contributed by atoms with Crippen LogP contribution in [0.2, 0.25) is 0 Å². The molecule has 0 fully saturated rings. The molecule has 2 rings (SSSR count). The second kappa shape index (κ2) is 5.74. The van der Waals surface area contributed by atoms with Crippen LogP contribution in [0.15, 0.2) is 48.5 Å². The first-order valence-electron chi connectivity index (χ1n) is 5.74. The first-order chi connectivity index (χ1) is 8.68. The van der Waals surface area contributed by atoms with Crippen LogP contribution in [0.1, 0.15) is 21.5 Å². The molecule has 0 aliphatic carbocycles. The summed E-state index contributed by atoms with van der Waals surface area (Å²) in [6.45, 7) is 1.91. The number of hydrogen-bond donors (Lipinski definition) is 1. The lowest BCUT2D eigenvalue weighted by Crippen LogP contribution is -2.02. The summed E-state index contributed by atoms with van der Waals surface area (Å²) in [6.07, 6.45) is 0. The van der Waals surface area contributed by atoms with E-state index in [1.807, 2.05) is 49.4 Å². The fourth-order valence-corrected chi connectivity index (χ4v) is 2.48. The number of anilines is 1. The number of thioether (sulfide) groups is 1. The van der Waals surface area contributed by atoms with Gasteiger partial charge in [-0.1, -0.05) is 54.2 Å². The predicted molar refractivity (Wildman–Crippen MR) is 77.7 cm³/mol. The van der Waals surface area contributed by atoms with E-state index < -0.39 is 0 Å². The molecule has 0 spiro atoms. The summed E-state index contributed by atoms with van der Waals surface area (Å²) in [7, 11) is 0. The van der Waals surface area contributed by atoms with Crippen molar-refractivity contribution in [1.29, 1.82) is 0 Å². The Bertz CT molecular complexity index is 552. The van der Waals surface area contributed by atoms with Crippen LogP contribution >= 0.6 is 11.8 Å². The number of benzene rings is 2. The van der Waals surface area contributed by atoms with Crippen LogP contribution in [0, 0.1) is 6.92 Å². The zero-order valence-corrected chi connectivity index (χ0v) is 11.0. The van der Waals surface area contributed by atoms with Gasteiger partial charge in [-0.3, -0.25) is 4.79 Å². The molecule has 0 bridgehead atoms. The van der Waals surface area contributed by atoms with Gasteiger partial charge in [-0.15, -0.1) is 0 Å². The maximum Gasteiger partial charge on any atom is 0.221 e.